The van der Waals surface area contributed by atoms with Crippen molar-refractivity contribution < 1.29 is 4.79 Å². The zero-order valence-electron chi connectivity index (χ0n) is 10.7. The number of benzene rings is 1. The number of carbonyl (C=O) groups is 1. The second kappa shape index (κ2) is 8.35. The largest absolute Gasteiger partial charge is 0.348 e. The van der Waals surface area contributed by atoms with E-state index >= 15 is 0 Å². The number of rotatable bonds is 5. The highest BCUT2D eigenvalue weighted by atomic mass is 35.5. The van der Waals surface area contributed by atoms with Gasteiger partial charge in [0.2, 0.25) is 5.91 Å². The predicted molar refractivity (Wildman–Crippen MR) is 78.1 cm³/mol. The van der Waals surface area contributed by atoms with Crippen LogP contribution in [-0.4, -0.2) is 11.9 Å². The van der Waals surface area contributed by atoms with Crippen molar-refractivity contribution in [3.63, 3.8) is 0 Å². The van der Waals surface area contributed by atoms with Crippen molar-refractivity contribution in [1.82, 2.24) is 5.32 Å². The summed E-state index contributed by atoms with van der Waals surface area (Å²) in [6.07, 6.45) is 1.44. The molecule has 1 aromatic carbocycles. The minimum atomic E-state index is -0.441. The summed E-state index contributed by atoms with van der Waals surface area (Å²) in [6.45, 7) is 3.91. The van der Waals surface area contributed by atoms with Gasteiger partial charge in [0, 0.05) is 5.02 Å². The normalized spacial score (nSPS) is 13.3. The van der Waals surface area contributed by atoms with Crippen molar-refractivity contribution in [3.8, 4) is 0 Å². The third-order valence-corrected chi connectivity index (χ3v) is 2.99. The topological polar surface area (TPSA) is 55.1 Å². The molecular formula is C13H20Cl2N2O. The van der Waals surface area contributed by atoms with Gasteiger partial charge < -0.3 is 11.1 Å². The van der Waals surface area contributed by atoms with Gasteiger partial charge in [-0.2, -0.15) is 0 Å². The van der Waals surface area contributed by atoms with Crippen molar-refractivity contribution >= 4 is 29.9 Å². The average molecular weight is 291 g/mol. The molecule has 1 rings (SSSR count). The number of nitrogens with one attached hydrogen (secondary N) is 1. The molecule has 0 aromatic heterocycles. The van der Waals surface area contributed by atoms with E-state index in [1.165, 1.54) is 0 Å². The van der Waals surface area contributed by atoms with Crippen LogP contribution in [0.3, 0.4) is 0 Å². The summed E-state index contributed by atoms with van der Waals surface area (Å²) in [4.78, 5) is 11.7. The maximum Gasteiger partial charge on any atom is 0.237 e. The van der Waals surface area contributed by atoms with Gasteiger partial charge in [0.1, 0.15) is 0 Å². The van der Waals surface area contributed by atoms with Crippen LogP contribution in [0.5, 0.6) is 0 Å². The minimum Gasteiger partial charge on any atom is -0.348 e. The molecule has 0 fully saturated rings. The van der Waals surface area contributed by atoms with Crippen molar-refractivity contribution in [2.24, 2.45) is 5.73 Å². The molecule has 1 aromatic rings. The molecule has 0 aliphatic heterocycles. The Morgan fingerprint density at radius 2 is 2.06 bits per heavy atom. The second-order valence-electron chi connectivity index (χ2n) is 4.04. The lowest BCUT2D eigenvalue weighted by Crippen LogP contribution is -2.41. The van der Waals surface area contributed by atoms with Gasteiger partial charge in [0.15, 0.2) is 0 Å². The van der Waals surface area contributed by atoms with Gasteiger partial charge in [0.25, 0.3) is 0 Å². The molecule has 0 aliphatic rings. The molecule has 5 heteroatoms. The molecule has 0 saturated heterocycles. The molecule has 0 spiro atoms. The zero-order chi connectivity index (χ0) is 12.8. The number of amides is 1. The molecule has 3 N–H and O–H groups in total. The molecule has 2 atom stereocenters. The first kappa shape index (κ1) is 17.2. The molecule has 0 heterocycles. The lowest BCUT2D eigenvalue weighted by Gasteiger charge is -2.19. The van der Waals surface area contributed by atoms with Gasteiger partial charge in [-0.3, -0.25) is 4.79 Å². The van der Waals surface area contributed by atoms with Crippen LogP contribution in [0.1, 0.15) is 38.3 Å². The van der Waals surface area contributed by atoms with Crippen LogP contribution < -0.4 is 11.1 Å². The first-order valence-electron chi connectivity index (χ1n) is 5.89. The molecule has 0 radical (unpaired) electrons. The number of hydrogen-bond acceptors (Lipinski definition) is 2. The first-order chi connectivity index (χ1) is 8.08. The Labute approximate surface area is 119 Å². The summed E-state index contributed by atoms with van der Waals surface area (Å²) in [5.41, 5.74) is 6.70. The van der Waals surface area contributed by atoms with Crippen LogP contribution in [0.25, 0.3) is 0 Å². The van der Waals surface area contributed by atoms with E-state index in [0.717, 1.165) is 12.0 Å². The summed E-state index contributed by atoms with van der Waals surface area (Å²) in [5, 5.41) is 3.61. The highest BCUT2D eigenvalue weighted by Gasteiger charge is 2.16. The van der Waals surface area contributed by atoms with Gasteiger partial charge >= 0.3 is 0 Å². The zero-order valence-corrected chi connectivity index (χ0v) is 12.2. The van der Waals surface area contributed by atoms with E-state index in [0.29, 0.717) is 11.4 Å². The Hall–Kier alpha value is -0.770. The van der Waals surface area contributed by atoms with Crippen LogP contribution in [0, 0.1) is 0 Å². The molecule has 0 saturated carbocycles. The van der Waals surface area contributed by atoms with E-state index in [4.69, 9.17) is 17.3 Å². The van der Waals surface area contributed by atoms with Crippen molar-refractivity contribution in [2.75, 3.05) is 0 Å². The maximum absolute atomic E-state index is 11.7. The number of hydrogen-bond donors (Lipinski definition) is 2. The summed E-state index contributed by atoms with van der Waals surface area (Å²) in [6, 6.07) is 7.05. The summed E-state index contributed by atoms with van der Waals surface area (Å²) < 4.78 is 0. The fourth-order valence-electron chi connectivity index (χ4n) is 1.61. The van der Waals surface area contributed by atoms with E-state index in [-0.39, 0.29) is 24.4 Å². The summed E-state index contributed by atoms with van der Waals surface area (Å²) >= 11 is 5.93. The van der Waals surface area contributed by atoms with Gasteiger partial charge in [-0.1, -0.05) is 37.6 Å². The van der Waals surface area contributed by atoms with Gasteiger partial charge in [-0.15, -0.1) is 12.4 Å². The molecule has 1 amide bonds. The summed E-state index contributed by atoms with van der Waals surface area (Å²) in [5.74, 6) is -0.112. The molecule has 0 aliphatic carbocycles. The fourth-order valence-corrected chi connectivity index (χ4v) is 1.81. The summed E-state index contributed by atoms with van der Waals surface area (Å²) in [7, 11) is 0. The monoisotopic (exact) mass is 290 g/mol. The van der Waals surface area contributed by atoms with Gasteiger partial charge in [-0.05, 0) is 30.5 Å². The lowest BCUT2D eigenvalue weighted by molar-refractivity contribution is -0.123. The predicted octanol–water partition coefficient (Wildman–Crippen LogP) is 3.07. The van der Waals surface area contributed by atoms with Crippen LogP contribution in [0.2, 0.25) is 5.02 Å². The smallest absolute Gasteiger partial charge is 0.237 e. The Balaban J connectivity index is 0.00000289. The maximum atomic E-state index is 11.7. The van der Waals surface area contributed by atoms with Crippen LogP contribution in [0.4, 0.5) is 0 Å². The Morgan fingerprint density at radius 3 is 2.56 bits per heavy atom. The Kier molecular flexibility index (Phi) is 8.00. The number of nitrogens with two attached hydrogens (primary N) is 1. The minimum absolute atomic E-state index is 0. The highest BCUT2D eigenvalue weighted by molar-refractivity contribution is 6.30. The van der Waals surface area contributed by atoms with Crippen LogP contribution in [-0.2, 0) is 4.79 Å². The highest BCUT2D eigenvalue weighted by Crippen LogP contribution is 2.20. The quantitative estimate of drug-likeness (QED) is 0.876. The van der Waals surface area contributed by atoms with E-state index in [9.17, 15) is 4.79 Å². The Bertz CT molecular complexity index is 385. The molecular weight excluding hydrogens is 271 g/mol. The van der Waals surface area contributed by atoms with Crippen LogP contribution in [0.15, 0.2) is 24.3 Å². The molecule has 18 heavy (non-hydrogen) atoms. The second-order valence-corrected chi connectivity index (χ2v) is 4.48. The third kappa shape index (κ3) is 4.84. The molecule has 0 bridgehead atoms. The van der Waals surface area contributed by atoms with Gasteiger partial charge in [-0.25, -0.2) is 0 Å². The van der Waals surface area contributed by atoms with Crippen LogP contribution >= 0.6 is 24.0 Å². The average Bonchev–Trinajstić information content (AvgIpc) is 2.34. The molecule has 102 valence electrons. The van der Waals surface area contributed by atoms with Gasteiger partial charge in [0.05, 0.1) is 12.1 Å². The van der Waals surface area contributed by atoms with Crippen molar-refractivity contribution in [1.29, 1.82) is 0 Å². The van der Waals surface area contributed by atoms with E-state index < -0.39 is 6.04 Å². The third-order valence-electron chi connectivity index (χ3n) is 2.75. The lowest BCUT2D eigenvalue weighted by atomic mass is 10.0. The number of carbonyl (C=O) groups excluding carboxylic acids is 1. The standard InChI is InChI=1S/C13H19ClN2O.ClH/c1-3-11(15)13(17)16-12(4-2)9-6-5-7-10(14)8-9;/h5-8,11-12H,3-4,15H2,1-2H3,(H,16,17);1H/t11-,12?;/m0./s1. The SMILES string of the molecule is CCC(NC(=O)[C@@H](N)CC)c1cccc(Cl)c1.Cl. The molecule has 1 unspecified atom stereocenters. The van der Waals surface area contributed by atoms with E-state index in [1.807, 2.05) is 38.1 Å². The fraction of sp³-hybridized carbons (Fsp3) is 0.462. The van der Waals surface area contributed by atoms with E-state index in [1.54, 1.807) is 0 Å². The van der Waals surface area contributed by atoms with Crippen molar-refractivity contribution in [3.05, 3.63) is 34.9 Å². The first-order valence-corrected chi connectivity index (χ1v) is 6.27. The molecule has 3 nitrogen and oxygen atoms in total. The number of halogens is 2. The van der Waals surface area contributed by atoms with Crippen molar-refractivity contribution in [2.45, 2.75) is 38.8 Å². The van der Waals surface area contributed by atoms with E-state index in [2.05, 4.69) is 5.32 Å². The Morgan fingerprint density at radius 1 is 1.39 bits per heavy atom.